The molecule has 1 nitrogen and oxygen atoms in total. The zero-order valence-electron chi connectivity index (χ0n) is 11.1. The molecular weight excluding hydrogens is 310 g/mol. The number of anilines is 1. The second-order valence-electron chi connectivity index (χ2n) is 5.58. The Kier molecular flexibility index (Phi) is 2.92. The van der Waals surface area contributed by atoms with Crippen LogP contribution in [0, 0.1) is 5.92 Å². The van der Waals surface area contributed by atoms with Crippen molar-refractivity contribution in [3.8, 4) is 0 Å². The van der Waals surface area contributed by atoms with Crippen LogP contribution >= 0.6 is 15.9 Å². The van der Waals surface area contributed by atoms with E-state index in [0.29, 0.717) is 17.9 Å². The Balaban J connectivity index is 1.82. The molecule has 2 aromatic rings. The summed E-state index contributed by atoms with van der Waals surface area (Å²) < 4.78 is 1.20. The third-order valence-electron chi connectivity index (χ3n) is 4.51. The van der Waals surface area contributed by atoms with Crippen LogP contribution in [0.1, 0.15) is 29.5 Å². The highest BCUT2D eigenvalue weighted by molar-refractivity contribution is 9.10. The van der Waals surface area contributed by atoms with E-state index in [4.69, 9.17) is 0 Å². The Morgan fingerprint density at radius 3 is 2.55 bits per heavy atom. The van der Waals surface area contributed by atoms with Gasteiger partial charge in [0.25, 0.3) is 0 Å². The van der Waals surface area contributed by atoms with E-state index >= 15 is 0 Å². The number of hydrogen-bond acceptors (Lipinski definition) is 1. The molecule has 1 N–H and O–H groups in total. The van der Waals surface area contributed by atoms with Gasteiger partial charge < -0.3 is 5.32 Å². The van der Waals surface area contributed by atoms with Gasteiger partial charge in [0.05, 0.1) is 6.04 Å². The molecule has 0 radical (unpaired) electrons. The lowest BCUT2D eigenvalue weighted by molar-refractivity contribution is 0.424. The molecule has 0 fully saturated rings. The van der Waals surface area contributed by atoms with Crippen LogP contribution in [-0.2, 0) is 0 Å². The van der Waals surface area contributed by atoms with Gasteiger partial charge in [-0.05, 0) is 35.6 Å². The number of rotatable bonds is 1. The van der Waals surface area contributed by atoms with Crippen molar-refractivity contribution in [2.45, 2.75) is 18.4 Å². The SMILES string of the molecule is Brc1ccccc1[C@H]1Nc2ccccc2[C@@H]2C=CC[C@@H]12. The van der Waals surface area contributed by atoms with Gasteiger partial charge in [-0.1, -0.05) is 64.5 Å². The predicted molar refractivity (Wildman–Crippen MR) is 86.9 cm³/mol. The molecule has 2 aliphatic rings. The van der Waals surface area contributed by atoms with Crippen molar-refractivity contribution in [1.29, 1.82) is 0 Å². The molecule has 2 heteroatoms. The number of halogens is 1. The fourth-order valence-corrected chi connectivity index (χ4v) is 4.11. The van der Waals surface area contributed by atoms with Crippen molar-refractivity contribution < 1.29 is 0 Å². The highest BCUT2D eigenvalue weighted by Crippen LogP contribution is 2.50. The summed E-state index contributed by atoms with van der Waals surface area (Å²) >= 11 is 3.71. The zero-order valence-corrected chi connectivity index (χ0v) is 12.7. The van der Waals surface area contributed by atoms with E-state index in [1.54, 1.807) is 0 Å². The maximum Gasteiger partial charge on any atom is 0.0565 e. The molecule has 1 aliphatic heterocycles. The molecule has 100 valence electrons. The van der Waals surface area contributed by atoms with Crippen molar-refractivity contribution >= 4 is 21.6 Å². The largest absolute Gasteiger partial charge is 0.378 e. The summed E-state index contributed by atoms with van der Waals surface area (Å²) in [5, 5.41) is 3.76. The Bertz CT molecular complexity index is 677. The summed E-state index contributed by atoms with van der Waals surface area (Å²) in [5.74, 6) is 1.16. The van der Waals surface area contributed by atoms with Crippen molar-refractivity contribution in [3.63, 3.8) is 0 Å². The van der Waals surface area contributed by atoms with Crippen molar-refractivity contribution in [3.05, 3.63) is 76.3 Å². The lowest BCUT2D eigenvalue weighted by atomic mass is 9.77. The first kappa shape index (κ1) is 12.2. The number of para-hydroxylation sites is 1. The maximum atomic E-state index is 3.76. The van der Waals surface area contributed by atoms with Crippen molar-refractivity contribution in [1.82, 2.24) is 0 Å². The van der Waals surface area contributed by atoms with Gasteiger partial charge in [-0.25, -0.2) is 0 Å². The number of benzene rings is 2. The molecule has 0 spiro atoms. The first-order valence-corrected chi connectivity index (χ1v) is 7.90. The summed E-state index contributed by atoms with van der Waals surface area (Å²) in [6, 6.07) is 17.6. The summed E-state index contributed by atoms with van der Waals surface area (Å²) in [6.45, 7) is 0. The molecule has 20 heavy (non-hydrogen) atoms. The quantitative estimate of drug-likeness (QED) is 0.704. The average Bonchev–Trinajstić information content (AvgIpc) is 2.97. The van der Waals surface area contributed by atoms with Gasteiger partial charge in [0.15, 0.2) is 0 Å². The lowest BCUT2D eigenvalue weighted by Crippen LogP contribution is -2.29. The molecule has 1 aliphatic carbocycles. The Morgan fingerprint density at radius 2 is 1.70 bits per heavy atom. The van der Waals surface area contributed by atoms with E-state index in [1.165, 1.54) is 21.3 Å². The smallest absolute Gasteiger partial charge is 0.0565 e. The number of allylic oxidation sites excluding steroid dienone is 2. The monoisotopic (exact) mass is 325 g/mol. The van der Waals surface area contributed by atoms with Crippen LogP contribution in [0.25, 0.3) is 0 Å². The zero-order chi connectivity index (χ0) is 13.5. The molecule has 3 atom stereocenters. The third kappa shape index (κ3) is 1.82. The number of hydrogen-bond donors (Lipinski definition) is 1. The Morgan fingerprint density at radius 1 is 0.950 bits per heavy atom. The topological polar surface area (TPSA) is 12.0 Å². The van der Waals surface area contributed by atoms with Gasteiger partial charge in [0, 0.05) is 16.1 Å². The van der Waals surface area contributed by atoms with Crippen LogP contribution < -0.4 is 5.32 Å². The Hall–Kier alpha value is -1.54. The van der Waals surface area contributed by atoms with E-state index < -0.39 is 0 Å². The predicted octanol–water partition coefficient (Wildman–Crippen LogP) is 5.28. The Labute approximate surface area is 127 Å². The van der Waals surface area contributed by atoms with Crippen LogP contribution in [0.2, 0.25) is 0 Å². The second-order valence-corrected chi connectivity index (χ2v) is 6.44. The van der Waals surface area contributed by atoms with Gasteiger partial charge in [-0.2, -0.15) is 0 Å². The first-order chi connectivity index (χ1) is 9.84. The standard InChI is InChI=1S/C18H16BrN/c19-16-10-3-1-7-15(16)18-14-9-5-8-12(14)13-6-2-4-11-17(13)20-18/h1-8,10-12,14,18,20H,9H2/t12-,14+,18-/m0/s1. The van der Waals surface area contributed by atoms with Crippen molar-refractivity contribution in [2.24, 2.45) is 5.92 Å². The number of nitrogens with one attached hydrogen (secondary N) is 1. The molecular formula is C18H16BrN. The lowest BCUT2D eigenvalue weighted by Gasteiger charge is -2.37. The maximum absolute atomic E-state index is 3.76. The van der Waals surface area contributed by atoms with Crippen LogP contribution in [0.5, 0.6) is 0 Å². The van der Waals surface area contributed by atoms with E-state index in [-0.39, 0.29) is 0 Å². The van der Waals surface area contributed by atoms with Gasteiger partial charge >= 0.3 is 0 Å². The molecule has 0 bridgehead atoms. The fourth-order valence-electron chi connectivity index (χ4n) is 3.58. The summed E-state index contributed by atoms with van der Waals surface area (Å²) in [5.41, 5.74) is 4.08. The minimum absolute atomic E-state index is 0.375. The van der Waals surface area contributed by atoms with Gasteiger partial charge in [-0.15, -0.1) is 0 Å². The van der Waals surface area contributed by atoms with E-state index in [1.807, 2.05) is 0 Å². The minimum atomic E-state index is 0.375. The molecule has 0 amide bonds. The first-order valence-electron chi connectivity index (χ1n) is 7.11. The third-order valence-corrected chi connectivity index (χ3v) is 5.23. The van der Waals surface area contributed by atoms with Gasteiger partial charge in [0.2, 0.25) is 0 Å². The van der Waals surface area contributed by atoms with E-state index in [2.05, 4.69) is 81.9 Å². The second kappa shape index (κ2) is 4.78. The molecule has 2 aromatic carbocycles. The highest BCUT2D eigenvalue weighted by Gasteiger charge is 2.38. The van der Waals surface area contributed by atoms with E-state index in [0.717, 1.165) is 6.42 Å². The van der Waals surface area contributed by atoms with Crippen molar-refractivity contribution in [2.75, 3.05) is 5.32 Å². The summed E-state index contributed by atoms with van der Waals surface area (Å²) in [4.78, 5) is 0. The fraction of sp³-hybridized carbons (Fsp3) is 0.222. The van der Waals surface area contributed by atoms with Crippen LogP contribution in [0.4, 0.5) is 5.69 Å². The van der Waals surface area contributed by atoms with Crippen LogP contribution in [0.15, 0.2) is 65.2 Å². The van der Waals surface area contributed by atoms with Crippen LogP contribution in [-0.4, -0.2) is 0 Å². The molecule has 1 heterocycles. The summed E-state index contributed by atoms with van der Waals surface area (Å²) in [7, 11) is 0. The molecule has 0 saturated carbocycles. The molecule has 0 unspecified atom stereocenters. The van der Waals surface area contributed by atoms with Crippen LogP contribution in [0.3, 0.4) is 0 Å². The molecule has 4 rings (SSSR count). The molecule has 0 aromatic heterocycles. The minimum Gasteiger partial charge on any atom is -0.378 e. The average molecular weight is 326 g/mol. The van der Waals surface area contributed by atoms with E-state index in [9.17, 15) is 0 Å². The molecule has 0 saturated heterocycles. The van der Waals surface area contributed by atoms with Gasteiger partial charge in [-0.3, -0.25) is 0 Å². The van der Waals surface area contributed by atoms with Gasteiger partial charge in [0.1, 0.15) is 0 Å². The number of fused-ring (bicyclic) bond motifs is 3. The highest BCUT2D eigenvalue weighted by atomic mass is 79.9. The normalized spacial score (nSPS) is 26.8. The summed E-state index contributed by atoms with van der Waals surface area (Å²) in [6.07, 6.45) is 5.87.